The first-order valence-electron chi connectivity index (χ1n) is 11.5. The number of para-hydroxylation sites is 1. The highest BCUT2D eigenvalue weighted by molar-refractivity contribution is 5.95. The highest BCUT2D eigenvalue weighted by Gasteiger charge is 2.25. The van der Waals surface area contributed by atoms with Gasteiger partial charge in [0.25, 0.3) is 11.8 Å². The fourth-order valence-corrected chi connectivity index (χ4v) is 4.12. The molecule has 6 heteroatoms. The van der Waals surface area contributed by atoms with E-state index in [4.69, 9.17) is 15.2 Å². The Bertz CT molecular complexity index is 1180. The normalized spacial score (nSPS) is 14.0. The van der Waals surface area contributed by atoms with Crippen LogP contribution in [-0.2, 0) is 6.61 Å². The maximum atomic E-state index is 13.1. The number of amides is 2. The number of hydrogen-bond acceptors (Lipinski definition) is 4. The van der Waals surface area contributed by atoms with E-state index in [2.05, 4.69) is 32.0 Å². The van der Waals surface area contributed by atoms with Crippen LogP contribution in [0.4, 0.5) is 0 Å². The summed E-state index contributed by atoms with van der Waals surface area (Å²) in [6, 6.07) is 20.5. The lowest BCUT2D eigenvalue weighted by molar-refractivity contribution is 0.0594. The first-order valence-corrected chi connectivity index (χ1v) is 11.5. The molecule has 0 saturated carbocycles. The molecule has 34 heavy (non-hydrogen) atoms. The van der Waals surface area contributed by atoms with Crippen molar-refractivity contribution in [3.05, 3.63) is 94.5 Å². The van der Waals surface area contributed by atoms with Gasteiger partial charge < -0.3 is 20.1 Å². The molecule has 0 atom stereocenters. The molecule has 0 aromatic heterocycles. The van der Waals surface area contributed by atoms with Gasteiger partial charge in [0, 0.05) is 31.5 Å². The van der Waals surface area contributed by atoms with Crippen LogP contribution in [0.2, 0.25) is 0 Å². The van der Waals surface area contributed by atoms with E-state index in [1.165, 1.54) is 5.56 Å². The van der Waals surface area contributed by atoms with Gasteiger partial charge in [-0.15, -0.1) is 0 Å². The second-order valence-electron chi connectivity index (χ2n) is 8.73. The molecule has 4 rings (SSSR count). The van der Waals surface area contributed by atoms with Crippen LogP contribution in [0.15, 0.2) is 66.7 Å². The molecule has 1 saturated heterocycles. The smallest absolute Gasteiger partial charge is 0.253 e. The summed E-state index contributed by atoms with van der Waals surface area (Å²) >= 11 is 0. The van der Waals surface area contributed by atoms with Crippen LogP contribution in [0, 0.1) is 13.8 Å². The lowest BCUT2D eigenvalue weighted by atomic mass is 10.0. The van der Waals surface area contributed by atoms with E-state index in [0.717, 1.165) is 29.7 Å². The molecular weight excluding hydrogens is 428 g/mol. The molecule has 6 nitrogen and oxygen atoms in total. The Hall–Kier alpha value is -3.80. The van der Waals surface area contributed by atoms with Crippen LogP contribution in [0.3, 0.4) is 0 Å². The van der Waals surface area contributed by atoms with Gasteiger partial charge >= 0.3 is 0 Å². The number of primary amides is 1. The Morgan fingerprint density at radius 3 is 2.47 bits per heavy atom. The minimum atomic E-state index is -0.538. The maximum Gasteiger partial charge on any atom is 0.253 e. The summed E-state index contributed by atoms with van der Waals surface area (Å²) < 4.78 is 12.0. The van der Waals surface area contributed by atoms with Crippen molar-refractivity contribution in [2.75, 3.05) is 13.1 Å². The van der Waals surface area contributed by atoms with Gasteiger partial charge in [0.05, 0.1) is 5.56 Å². The van der Waals surface area contributed by atoms with Crippen LogP contribution in [0.5, 0.6) is 11.5 Å². The van der Waals surface area contributed by atoms with Crippen LogP contribution < -0.4 is 15.2 Å². The third-order valence-corrected chi connectivity index (χ3v) is 6.09. The number of nitrogens with two attached hydrogens (primary N) is 1. The average molecular weight is 459 g/mol. The van der Waals surface area contributed by atoms with Crippen molar-refractivity contribution >= 4 is 11.8 Å². The molecule has 0 unspecified atom stereocenters. The molecule has 2 N–H and O–H groups in total. The van der Waals surface area contributed by atoms with Gasteiger partial charge in [0.1, 0.15) is 24.2 Å². The second kappa shape index (κ2) is 10.4. The number of piperidine rings is 1. The lowest BCUT2D eigenvalue weighted by Gasteiger charge is -2.32. The highest BCUT2D eigenvalue weighted by atomic mass is 16.5. The van der Waals surface area contributed by atoms with Gasteiger partial charge in [-0.3, -0.25) is 9.59 Å². The number of hydrogen-bond donors (Lipinski definition) is 1. The number of carbonyl (C=O) groups is 2. The number of carbonyl (C=O) groups excluding carboxylic acids is 2. The molecule has 0 aliphatic carbocycles. The summed E-state index contributed by atoms with van der Waals surface area (Å²) in [4.78, 5) is 26.6. The van der Waals surface area contributed by atoms with Crippen molar-refractivity contribution in [1.82, 2.24) is 4.90 Å². The summed E-state index contributed by atoms with van der Waals surface area (Å²) in [6.45, 7) is 5.65. The summed E-state index contributed by atoms with van der Waals surface area (Å²) in [5, 5.41) is 0. The van der Waals surface area contributed by atoms with Crippen LogP contribution in [0.25, 0.3) is 0 Å². The van der Waals surface area contributed by atoms with Crippen molar-refractivity contribution in [3.8, 4) is 11.5 Å². The summed E-state index contributed by atoms with van der Waals surface area (Å²) in [5.41, 5.74) is 9.52. The molecule has 1 heterocycles. The van der Waals surface area contributed by atoms with Gasteiger partial charge in [-0.25, -0.2) is 0 Å². The average Bonchev–Trinajstić information content (AvgIpc) is 2.85. The fourth-order valence-electron chi connectivity index (χ4n) is 4.12. The SMILES string of the molecule is Cc1ccc(C)c(OC2CCN(C(=O)c3cccc(COc4ccccc4C(N)=O)c3)CC2)c1. The highest BCUT2D eigenvalue weighted by Crippen LogP contribution is 2.25. The molecule has 3 aromatic rings. The zero-order chi connectivity index (χ0) is 24.1. The van der Waals surface area contributed by atoms with E-state index < -0.39 is 5.91 Å². The monoisotopic (exact) mass is 458 g/mol. The minimum Gasteiger partial charge on any atom is -0.490 e. The largest absolute Gasteiger partial charge is 0.490 e. The number of nitrogens with zero attached hydrogens (tertiary/aromatic N) is 1. The van der Waals surface area contributed by atoms with Gasteiger partial charge in [0.2, 0.25) is 0 Å². The molecule has 1 fully saturated rings. The van der Waals surface area contributed by atoms with Gasteiger partial charge in [-0.05, 0) is 60.9 Å². The number of ether oxygens (including phenoxy) is 2. The zero-order valence-corrected chi connectivity index (χ0v) is 19.6. The Balaban J connectivity index is 1.35. The van der Waals surface area contributed by atoms with Crippen LogP contribution in [-0.4, -0.2) is 35.9 Å². The number of benzene rings is 3. The molecule has 176 valence electrons. The minimum absolute atomic E-state index is 0.00423. The van der Waals surface area contributed by atoms with E-state index in [1.54, 1.807) is 24.3 Å². The van der Waals surface area contributed by atoms with E-state index in [9.17, 15) is 9.59 Å². The fraction of sp³-hybridized carbons (Fsp3) is 0.286. The molecule has 1 aliphatic rings. The maximum absolute atomic E-state index is 13.1. The number of aryl methyl sites for hydroxylation is 2. The van der Waals surface area contributed by atoms with Crippen LogP contribution >= 0.6 is 0 Å². The van der Waals surface area contributed by atoms with Crippen molar-refractivity contribution in [2.24, 2.45) is 5.73 Å². The van der Waals surface area contributed by atoms with E-state index in [-0.39, 0.29) is 18.6 Å². The quantitative estimate of drug-likeness (QED) is 0.558. The van der Waals surface area contributed by atoms with Crippen molar-refractivity contribution in [3.63, 3.8) is 0 Å². The number of likely N-dealkylation sites (tertiary alicyclic amines) is 1. The standard InChI is InChI=1S/C28H30N2O4/c1-19-10-11-20(2)26(16-19)34-23-12-14-30(15-13-23)28(32)22-7-5-6-21(17-22)18-33-25-9-4-3-8-24(25)27(29)31/h3-11,16-17,23H,12-15,18H2,1-2H3,(H2,29,31). The van der Waals surface area contributed by atoms with Gasteiger partial charge in [0.15, 0.2) is 0 Å². The number of rotatable bonds is 7. The Morgan fingerprint density at radius 1 is 0.941 bits per heavy atom. The first-order chi connectivity index (χ1) is 16.4. The van der Waals surface area contributed by atoms with E-state index >= 15 is 0 Å². The topological polar surface area (TPSA) is 81.9 Å². The Morgan fingerprint density at radius 2 is 1.71 bits per heavy atom. The van der Waals surface area contributed by atoms with E-state index in [1.807, 2.05) is 29.2 Å². The lowest BCUT2D eigenvalue weighted by Crippen LogP contribution is -2.41. The Labute approximate surface area is 200 Å². The predicted molar refractivity (Wildman–Crippen MR) is 131 cm³/mol. The van der Waals surface area contributed by atoms with Crippen LogP contribution in [0.1, 0.15) is 50.2 Å². The summed E-state index contributed by atoms with van der Waals surface area (Å²) in [7, 11) is 0. The molecule has 0 spiro atoms. The Kier molecular flexibility index (Phi) is 7.16. The van der Waals surface area contributed by atoms with Crippen molar-refractivity contribution in [2.45, 2.75) is 39.4 Å². The molecule has 0 radical (unpaired) electrons. The summed E-state index contributed by atoms with van der Waals surface area (Å²) in [5.74, 6) is 0.821. The molecule has 3 aromatic carbocycles. The van der Waals surface area contributed by atoms with Crippen molar-refractivity contribution < 1.29 is 19.1 Å². The van der Waals surface area contributed by atoms with Gasteiger partial charge in [-0.2, -0.15) is 0 Å². The molecule has 2 amide bonds. The molecule has 1 aliphatic heterocycles. The van der Waals surface area contributed by atoms with Crippen molar-refractivity contribution in [1.29, 1.82) is 0 Å². The second-order valence-corrected chi connectivity index (χ2v) is 8.73. The van der Waals surface area contributed by atoms with Gasteiger partial charge in [-0.1, -0.05) is 36.4 Å². The van der Waals surface area contributed by atoms with E-state index in [0.29, 0.717) is 30.0 Å². The summed E-state index contributed by atoms with van der Waals surface area (Å²) in [6.07, 6.45) is 1.70. The predicted octanol–water partition coefficient (Wildman–Crippen LogP) is 4.66. The first kappa shape index (κ1) is 23.4. The third-order valence-electron chi connectivity index (χ3n) is 6.09. The molecule has 0 bridgehead atoms. The zero-order valence-electron chi connectivity index (χ0n) is 19.6. The third kappa shape index (κ3) is 5.57. The molecular formula is C28H30N2O4.